The molecule has 1 aliphatic carbocycles. The van der Waals surface area contributed by atoms with Crippen LogP contribution in [0, 0.1) is 11.7 Å². The van der Waals surface area contributed by atoms with Gasteiger partial charge in [0, 0.05) is 38.3 Å². The fourth-order valence-corrected chi connectivity index (χ4v) is 5.41. The summed E-state index contributed by atoms with van der Waals surface area (Å²) in [5.41, 5.74) is -2.47. The minimum Gasteiger partial charge on any atom is -0.379 e. The van der Waals surface area contributed by atoms with Gasteiger partial charge in [0.25, 0.3) is 5.56 Å². The minimum absolute atomic E-state index is 0.00695. The number of piperazine rings is 1. The average molecular weight is 584 g/mol. The average Bonchev–Trinajstić information content (AvgIpc) is 3.72. The van der Waals surface area contributed by atoms with E-state index in [0.29, 0.717) is 48.6 Å². The number of carbonyl (C=O) groups excluding carboxylic acids is 1. The molecule has 216 valence electrons. The molecule has 40 heavy (non-hydrogen) atoms. The van der Waals surface area contributed by atoms with Crippen molar-refractivity contribution in [3.63, 3.8) is 0 Å². The predicted molar refractivity (Wildman–Crippen MR) is 143 cm³/mol. The van der Waals surface area contributed by atoms with Crippen molar-refractivity contribution in [3.05, 3.63) is 40.2 Å². The topological polar surface area (TPSA) is 107 Å². The fourth-order valence-electron chi connectivity index (χ4n) is 5.04. The molecule has 0 radical (unpaired) electrons. The lowest BCUT2D eigenvalue weighted by Gasteiger charge is -2.49. The van der Waals surface area contributed by atoms with Crippen molar-refractivity contribution < 1.29 is 27.1 Å². The monoisotopic (exact) mass is 583 g/mol. The Morgan fingerprint density at radius 1 is 1.30 bits per heavy atom. The summed E-state index contributed by atoms with van der Waals surface area (Å²) in [4.78, 5) is 35.3. The van der Waals surface area contributed by atoms with Crippen LogP contribution in [0.2, 0.25) is 0 Å². The van der Waals surface area contributed by atoms with Crippen LogP contribution >= 0.6 is 12.2 Å². The zero-order chi connectivity index (χ0) is 28.6. The van der Waals surface area contributed by atoms with Gasteiger partial charge in [0.1, 0.15) is 16.4 Å². The second-order valence-electron chi connectivity index (χ2n) is 10.3. The number of aromatic amines is 1. The molecule has 1 saturated carbocycles. The standard InChI is InChI=1S/C25H29F4N7O3S/c1-14(32-17-10-31-33-23(38)21(17)25(27,28)29)13-39-7-4-20(37)34-5-6-35-19(12-34)24(40)36(11-15-2-3-15)18-8-16(26)9-30-22(18)35/h8-10,14-15,19H,2-7,11-13H2,1H3,(H2,32,33,38)/t14-,19+/m0/s1. The molecule has 3 aliphatic rings. The van der Waals surface area contributed by atoms with E-state index in [1.165, 1.54) is 12.3 Å². The van der Waals surface area contributed by atoms with E-state index in [1.807, 2.05) is 9.80 Å². The maximum atomic E-state index is 14.0. The SMILES string of the molecule is C[C@@H](COCCC(=O)N1CCN2c3ncc(F)cc3N(CC3CC3)C(=S)[C@H]2C1)Nc1cn[nH]c(=O)c1C(F)(F)F. The lowest BCUT2D eigenvalue weighted by atomic mass is 10.1. The molecular weight excluding hydrogens is 554 g/mol. The molecule has 2 aliphatic heterocycles. The number of rotatable bonds is 9. The Bertz CT molecular complexity index is 1340. The van der Waals surface area contributed by atoms with Crippen molar-refractivity contribution in [3.8, 4) is 0 Å². The van der Waals surface area contributed by atoms with Gasteiger partial charge in [-0.15, -0.1) is 0 Å². The van der Waals surface area contributed by atoms with Crippen molar-refractivity contribution in [1.82, 2.24) is 20.1 Å². The number of thiocarbonyl (C=S) groups is 1. The molecule has 0 aromatic carbocycles. The first-order valence-corrected chi connectivity index (χ1v) is 13.4. The molecule has 5 rings (SSSR count). The largest absolute Gasteiger partial charge is 0.423 e. The van der Waals surface area contributed by atoms with E-state index in [-0.39, 0.29) is 31.6 Å². The molecule has 2 N–H and O–H groups in total. The normalized spacial score (nSPS) is 19.8. The molecule has 2 aromatic rings. The highest BCUT2D eigenvalue weighted by molar-refractivity contribution is 7.80. The van der Waals surface area contributed by atoms with Gasteiger partial charge < -0.3 is 24.8 Å². The van der Waals surface area contributed by atoms with E-state index in [0.717, 1.165) is 19.0 Å². The van der Waals surface area contributed by atoms with E-state index >= 15 is 0 Å². The quantitative estimate of drug-likeness (QED) is 0.262. The lowest BCUT2D eigenvalue weighted by molar-refractivity contribution is -0.138. The molecule has 0 bridgehead atoms. The third-order valence-corrected chi connectivity index (χ3v) is 7.66. The van der Waals surface area contributed by atoms with Crippen LogP contribution in [-0.4, -0.2) is 82.5 Å². The van der Waals surface area contributed by atoms with Crippen molar-refractivity contribution in [2.75, 3.05) is 54.5 Å². The van der Waals surface area contributed by atoms with Gasteiger partial charge in [-0.1, -0.05) is 12.2 Å². The molecule has 0 unspecified atom stereocenters. The van der Waals surface area contributed by atoms with Gasteiger partial charge in [-0.25, -0.2) is 14.5 Å². The number of hydrogen-bond donors (Lipinski definition) is 2. The first kappa shape index (κ1) is 28.2. The third-order valence-electron chi connectivity index (χ3n) is 7.17. The number of pyridine rings is 1. The number of aromatic nitrogens is 3. The molecule has 15 heteroatoms. The Morgan fingerprint density at radius 3 is 2.80 bits per heavy atom. The molecule has 2 fully saturated rings. The van der Waals surface area contributed by atoms with Crippen LogP contribution in [0.25, 0.3) is 0 Å². The highest BCUT2D eigenvalue weighted by Crippen LogP contribution is 2.40. The second kappa shape index (κ2) is 11.3. The maximum Gasteiger partial charge on any atom is 0.423 e. The highest BCUT2D eigenvalue weighted by Gasteiger charge is 2.42. The van der Waals surface area contributed by atoms with Crippen LogP contribution in [-0.2, 0) is 15.7 Å². The first-order chi connectivity index (χ1) is 19.0. The van der Waals surface area contributed by atoms with Crippen molar-refractivity contribution >= 4 is 40.3 Å². The minimum atomic E-state index is -4.85. The number of fused-ring (bicyclic) bond motifs is 3. The molecule has 1 saturated heterocycles. The Balaban J connectivity index is 1.14. The molecule has 0 spiro atoms. The number of ether oxygens (including phenoxy) is 1. The number of nitrogens with one attached hydrogen (secondary N) is 2. The second-order valence-corrected chi connectivity index (χ2v) is 10.7. The van der Waals surface area contributed by atoms with Crippen LogP contribution in [0.1, 0.15) is 31.7 Å². The van der Waals surface area contributed by atoms with E-state index in [2.05, 4.69) is 15.4 Å². The Kier molecular flexibility index (Phi) is 7.95. The van der Waals surface area contributed by atoms with Gasteiger partial charge in [0.15, 0.2) is 5.82 Å². The fraction of sp³-hybridized carbons (Fsp3) is 0.560. The van der Waals surface area contributed by atoms with Crippen molar-refractivity contribution in [2.24, 2.45) is 5.92 Å². The van der Waals surface area contributed by atoms with Crippen LogP contribution in [0.15, 0.2) is 23.3 Å². The maximum absolute atomic E-state index is 14.0. The van der Waals surface area contributed by atoms with E-state index in [9.17, 15) is 27.2 Å². The smallest absolute Gasteiger partial charge is 0.379 e. The van der Waals surface area contributed by atoms with E-state index in [4.69, 9.17) is 17.0 Å². The summed E-state index contributed by atoms with van der Waals surface area (Å²) in [6.45, 7) is 3.67. The number of hydrogen-bond acceptors (Lipinski definition) is 8. The van der Waals surface area contributed by atoms with Gasteiger partial charge in [-0.3, -0.25) is 9.59 Å². The van der Waals surface area contributed by atoms with E-state index in [1.54, 1.807) is 16.9 Å². The Labute approximate surface area is 232 Å². The van der Waals surface area contributed by atoms with Gasteiger partial charge in [-0.05, 0) is 25.7 Å². The van der Waals surface area contributed by atoms with Crippen LogP contribution in [0.3, 0.4) is 0 Å². The summed E-state index contributed by atoms with van der Waals surface area (Å²) >= 11 is 5.83. The summed E-state index contributed by atoms with van der Waals surface area (Å²) in [6.07, 6.45) is -0.461. The number of nitrogens with zero attached hydrogens (tertiary/aromatic N) is 5. The summed E-state index contributed by atoms with van der Waals surface area (Å²) in [6, 6.07) is 0.624. The molecular formula is C25H29F4N7O3S. The molecule has 4 heterocycles. The van der Waals surface area contributed by atoms with Gasteiger partial charge >= 0.3 is 6.18 Å². The van der Waals surface area contributed by atoms with Crippen molar-refractivity contribution in [1.29, 1.82) is 0 Å². The summed E-state index contributed by atoms with van der Waals surface area (Å²) in [5.74, 6) is 0.624. The van der Waals surface area contributed by atoms with Crippen molar-refractivity contribution in [2.45, 2.75) is 44.4 Å². The third kappa shape index (κ3) is 6.04. The number of H-pyrrole nitrogens is 1. The van der Waals surface area contributed by atoms with Crippen LogP contribution < -0.4 is 20.7 Å². The number of halogens is 4. The highest BCUT2D eigenvalue weighted by atomic mass is 32.1. The lowest BCUT2D eigenvalue weighted by Crippen LogP contribution is -2.63. The summed E-state index contributed by atoms with van der Waals surface area (Å²) in [7, 11) is 0. The summed E-state index contributed by atoms with van der Waals surface area (Å²) < 4.78 is 59.3. The number of amides is 1. The zero-order valence-corrected chi connectivity index (χ0v) is 22.5. The predicted octanol–water partition coefficient (Wildman–Crippen LogP) is 2.80. The number of carbonyl (C=O) groups is 1. The van der Waals surface area contributed by atoms with Gasteiger partial charge in [0.2, 0.25) is 5.91 Å². The van der Waals surface area contributed by atoms with E-state index < -0.39 is 34.8 Å². The summed E-state index contributed by atoms with van der Waals surface area (Å²) in [5, 5.41) is 7.82. The van der Waals surface area contributed by atoms with Crippen LogP contribution in [0.4, 0.5) is 34.8 Å². The number of alkyl halides is 3. The first-order valence-electron chi connectivity index (χ1n) is 13.0. The van der Waals surface area contributed by atoms with Crippen LogP contribution in [0.5, 0.6) is 0 Å². The molecule has 1 amide bonds. The Hall–Kier alpha value is -3.33. The van der Waals surface area contributed by atoms with Gasteiger partial charge in [0.05, 0.1) is 49.4 Å². The Morgan fingerprint density at radius 2 is 2.08 bits per heavy atom. The molecule has 2 aromatic heterocycles. The number of anilines is 3. The zero-order valence-electron chi connectivity index (χ0n) is 21.7. The van der Waals surface area contributed by atoms with Gasteiger partial charge in [-0.2, -0.15) is 18.3 Å². The molecule has 2 atom stereocenters. The molecule has 10 nitrogen and oxygen atoms in total.